The normalized spacial score (nSPS) is 17.8. The monoisotopic (exact) mass is 694 g/mol. The van der Waals surface area contributed by atoms with Crippen LogP contribution in [0.5, 0.6) is 5.75 Å². The molecule has 3 aromatic rings. The Morgan fingerprint density at radius 3 is 2.41 bits per heavy atom. The molecule has 1 saturated carbocycles. The number of hydrogen-bond donors (Lipinski definition) is 5. The highest BCUT2D eigenvalue weighted by Gasteiger charge is 2.35. The lowest BCUT2D eigenvalue weighted by atomic mass is 9.76. The fourth-order valence-electron chi connectivity index (χ4n) is 6.76. The molecule has 0 bridgehead atoms. The zero-order chi connectivity index (χ0) is 35.3. The van der Waals surface area contributed by atoms with Gasteiger partial charge in [0.1, 0.15) is 5.75 Å². The average Bonchev–Trinajstić information content (AvgIpc) is 3.11. The summed E-state index contributed by atoms with van der Waals surface area (Å²) in [6.45, 7) is 2.99. The molecule has 11 nitrogen and oxygen atoms in total. The standard InChI is InChI=1S/C36H48N4O5S.CH2O2/c1-3-37-30-22-28(23-31(25-30)40-19-10-11-20-46(40,43)44)35(42)39-33(21-27-13-6-4-7-14-27)34(41)26-38-36(17-8-5-9-18-36)29-15-12-16-32(24-29)45-2;2-1-3/h4,6-7,12-16,22-25,33-34,37-38,41H,3,5,8-11,17-21,26H2,1-2H3,(H,39,42);1H,(H,2,3)/t33-,34+;/m0./s1. The average molecular weight is 695 g/mol. The lowest BCUT2D eigenvalue weighted by molar-refractivity contribution is -0.122. The van der Waals surface area contributed by atoms with Gasteiger partial charge in [0.25, 0.3) is 12.4 Å². The van der Waals surface area contributed by atoms with Crippen molar-refractivity contribution in [3.8, 4) is 5.75 Å². The Morgan fingerprint density at radius 1 is 1.00 bits per heavy atom. The minimum Gasteiger partial charge on any atom is -0.497 e. The van der Waals surface area contributed by atoms with Crippen molar-refractivity contribution < 1.29 is 33.0 Å². The van der Waals surface area contributed by atoms with Gasteiger partial charge in [-0.15, -0.1) is 0 Å². The highest BCUT2D eigenvalue weighted by molar-refractivity contribution is 7.92. The number of aliphatic hydroxyl groups is 1. The second-order valence-electron chi connectivity index (χ2n) is 12.6. The summed E-state index contributed by atoms with van der Waals surface area (Å²) in [6.07, 6.45) is 6.17. The highest BCUT2D eigenvalue weighted by Crippen LogP contribution is 2.38. The minimum absolute atomic E-state index is 0.0928. The molecule has 1 heterocycles. The van der Waals surface area contributed by atoms with Gasteiger partial charge in [0, 0.05) is 36.4 Å². The third kappa shape index (κ3) is 10.2. The molecular weight excluding hydrogens is 644 g/mol. The Bertz CT molecular complexity index is 1610. The maximum absolute atomic E-state index is 13.9. The van der Waals surface area contributed by atoms with E-state index >= 15 is 0 Å². The zero-order valence-electron chi connectivity index (χ0n) is 28.4. The van der Waals surface area contributed by atoms with Gasteiger partial charge in [0.2, 0.25) is 10.0 Å². The SMILES string of the molecule is CCNc1cc(C(=O)N[C@@H](Cc2ccccc2)[C@H](O)CNC2(c3cccc(OC)c3)CCCCC2)cc(N2CCCCS2(=O)=O)c1.O=CO. The Hall–Kier alpha value is -4.13. The van der Waals surface area contributed by atoms with Gasteiger partial charge in [0.15, 0.2) is 0 Å². The molecule has 1 aliphatic heterocycles. The van der Waals surface area contributed by atoms with Crippen LogP contribution >= 0.6 is 0 Å². The van der Waals surface area contributed by atoms with Gasteiger partial charge in [0.05, 0.1) is 30.7 Å². The van der Waals surface area contributed by atoms with E-state index in [9.17, 15) is 18.3 Å². The lowest BCUT2D eigenvalue weighted by Crippen LogP contribution is -2.53. The number of sulfonamides is 1. The molecule has 49 heavy (non-hydrogen) atoms. The lowest BCUT2D eigenvalue weighted by Gasteiger charge is -2.40. The molecule has 5 N–H and O–H groups in total. The van der Waals surface area contributed by atoms with E-state index in [2.05, 4.69) is 28.1 Å². The largest absolute Gasteiger partial charge is 0.497 e. The number of carbonyl (C=O) groups excluding carboxylic acids is 1. The fraction of sp³-hybridized carbons (Fsp3) is 0.459. The quantitative estimate of drug-likeness (QED) is 0.157. The second kappa shape index (κ2) is 18.0. The first-order valence-corrected chi connectivity index (χ1v) is 18.6. The molecule has 1 amide bonds. The molecule has 0 aromatic heterocycles. The van der Waals surface area contributed by atoms with E-state index in [4.69, 9.17) is 14.6 Å². The smallest absolute Gasteiger partial charge is 0.290 e. The Morgan fingerprint density at radius 2 is 1.73 bits per heavy atom. The van der Waals surface area contributed by atoms with Crippen LogP contribution in [0.2, 0.25) is 0 Å². The molecule has 5 rings (SSSR count). The number of nitrogens with one attached hydrogen (secondary N) is 3. The number of benzene rings is 3. The highest BCUT2D eigenvalue weighted by atomic mass is 32.2. The number of carbonyl (C=O) groups is 2. The first kappa shape index (κ1) is 37.7. The Kier molecular flexibility index (Phi) is 13.9. The second-order valence-corrected chi connectivity index (χ2v) is 14.6. The summed E-state index contributed by atoms with van der Waals surface area (Å²) in [4.78, 5) is 22.3. The Labute approximate surface area is 290 Å². The van der Waals surface area contributed by atoms with Crippen LogP contribution in [0.4, 0.5) is 11.4 Å². The van der Waals surface area contributed by atoms with Gasteiger partial charge in [-0.3, -0.25) is 13.9 Å². The van der Waals surface area contributed by atoms with Crippen LogP contribution in [0, 0.1) is 0 Å². The number of nitrogens with zero attached hydrogens (tertiary/aromatic N) is 1. The maximum Gasteiger partial charge on any atom is 0.290 e. The van der Waals surface area contributed by atoms with E-state index < -0.39 is 22.2 Å². The molecule has 266 valence electrons. The third-order valence-corrected chi connectivity index (χ3v) is 11.1. The predicted molar refractivity (Wildman–Crippen MR) is 193 cm³/mol. The summed E-state index contributed by atoms with van der Waals surface area (Å²) in [5.74, 6) is 0.529. The van der Waals surface area contributed by atoms with Crippen molar-refractivity contribution in [3.05, 3.63) is 89.5 Å². The summed E-state index contributed by atoms with van der Waals surface area (Å²) < 4.78 is 32.8. The molecule has 1 saturated heterocycles. The van der Waals surface area contributed by atoms with Crippen LogP contribution in [-0.2, 0) is 26.8 Å². The molecule has 0 radical (unpaired) electrons. The third-order valence-electron chi connectivity index (χ3n) is 9.26. The minimum atomic E-state index is -3.46. The van der Waals surface area contributed by atoms with Crippen molar-refractivity contribution in [3.63, 3.8) is 0 Å². The number of carboxylic acid groups (broad SMARTS) is 1. The molecule has 12 heteroatoms. The van der Waals surface area contributed by atoms with Gasteiger partial charge in [-0.2, -0.15) is 0 Å². The number of ether oxygens (including phenoxy) is 1. The van der Waals surface area contributed by atoms with E-state index in [1.165, 1.54) is 10.7 Å². The molecule has 0 spiro atoms. The zero-order valence-corrected chi connectivity index (χ0v) is 29.3. The topological polar surface area (TPSA) is 157 Å². The van der Waals surface area contributed by atoms with Crippen molar-refractivity contribution in [2.75, 3.05) is 42.1 Å². The van der Waals surface area contributed by atoms with Gasteiger partial charge < -0.3 is 30.9 Å². The predicted octanol–water partition coefficient (Wildman–Crippen LogP) is 4.91. The number of aliphatic hydroxyl groups excluding tert-OH is 1. The van der Waals surface area contributed by atoms with Crippen molar-refractivity contribution in [2.24, 2.45) is 0 Å². The number of anilines is 2. The van der Waals surface area contributed by atoms with Gasteiger partial charge in [-0.05, 0) is 80.5 Å². The summed E-state index contributed by atoms with van der Waals surface area (Å²) in [5.41, 5.74) is 3.32. The van der Waals surface area contributed by atoms with Gasteiger partial charge in [-0.25, -0.2) is 8.42 Å². The maximum atomic E-state index is 13.9. The van der Waals surface area contributed by atoms with Crippen LogP contribution < -0.4 is 25.0 Å². The molecular formula is C37H50N4O7S. The fourth-order valence-corrected chi connectivity index (χ4v) is 8.38. The van der Waals surface area contributed by atoms with Crippen molar-refractivity contribution >= 4 is 33.8 Å². The summed E-state index contributed by atoms with van der Waals surface area (Å²) in [5, 5.41) is 28.7. The molecule has 2 atom stereocenters. The summed E-state index contributed by atoms with van der Waals surface area (Å²) >= 11 is 0. The summed E-state index contributed by atoms with van der Waals surface area (Å²) in [6, 6.07) is 22.5. The van der Waals surface area contributed by atoms with E-state index in [0.717, 1.165) is 49.0 Å². The van der Waals surface area contributed by atoms with Crippen LogP contribution in [0.1, 0.15) is 73.4 Å². The van der Waals surface area contributed by atoms with E-state index in [1.807, 2.05) is 49.4 Å². The van der Waals surface area contributed by atoms with Crippen LogP contribution in [0.3, 0.4) is 0 Å². The van der Waals surface area contributed by atoms with Crippen molar-refractivity contribution in [1.29, 1.82) is 0 Å². The Balaban J connectivity index is 0.00000174. The molecule has 1 aliphatic carbocycles. The molecule has 2 fully saturated rings. The van der Waals surface area contributed by atoms with Crippen molar-refractivity contribution in [2.45, 2.75) is 76.0 Å². The van der Waals surface area contributed by atoms with Crippen LogP contribution in [0.15, 0.2) is 72.8 Å². The first-order chi connectivity index (χ1) is 23.6. The molecule has 3 aromatic carbocycles. The van der Waals surface area contributed by atoms with E-state index in [0.29, 0.717) is 42.9 Å². The van der Waals surface area contributed by atoms with Crippen LogP contribution in [0.25, 0.3) is 0 Å². The number of amides is 1. The summed E-state index contributed by atoms with van der Waals surface area (Å²) in [7, 11) is -1.79. The van der Waals surface area contributed by atoms with E-state index in [-0.39, 0.29) is 30.2 Å². The number of rotatable bonds is 13. The van der Waals surface area contributed by atoms with Gasteiger partial charge >= 0.3 is 0 Å². The number of methoxy groups -OCH3 is 1. The van der Waals surface area contributed by atoms with Gasteiger partial charge in [-0.1, -0.05) is 61.7 Å². The number of hydrogen-bond acceptors (Lipinski definition) is 8. The first-order valence-electron chi connectivity index (χ1n) is 17.0. The van der Waals surface area contributed by atoms with Crippen LogP contribution in [-0.4, -0.2) is 75.7 Å². The molecule has 2 aliphatic rings. The van der Waals surface area contributed by atoms with E-state index in [1.54, 1.807) is 25.3 Å². The van der Waals surface area contributed by atoms with Crippen molar-refractivity contribution in [1.82, 2.24) is 10.6 Å². The molecule has 0 unspecified atom stereocenters.